The largest absolute Gasteiger partial charge is 0.393 e. The summed E-state index contributed by atoms with van der Waals surface area (Å²) in [5.41, 5.74) is 1.80. The Kier molecular flexibility index (Phi) is 5.24. The summed E-state index contributed by atoms with van der Waals surface area (Å²) in [6.45, 7) is 15.9. The van der Waals surface area contributed by atoms with E-state index in [4.69, 9.17) is 0 Å². The second kappa shape index (κ2) is 7.19. The molecule has 0 aromatic rings. The molecule has 3 heteroatoms. The smallest absolute Gasteiger partial charge is 0.138 e. The number of rotatable bonds is 4. The highest BCUT2D eigenvalue weighted by molar-refractivity contribution is 5.86. The number of ketones is 1. The molecular weight excluding hydrogens is 408 g/mol. The van der Waals surface area contributed by atoms with Gasteiger partial charge in [-0.2, -0.15) is 0 Å². The Balaban J connectivity index is 1.45. The van der Waals surface area contributed by atoms with Crippen LogP contribution in [0.4, 0.5) is 0 Å². The molecule has 3 nitrogen and oxygen atoms in total. The molecule has 0 saturated heterocycles. The fourth-order valence-corrected chi connectivity index (χ4v) is 11.1. The number of carbonyl (C=O) groups is 1. The van der Waals surface area contributed by atoms with E-state index in [9.17, 15) is 15.0 Å². The molecule has 5 rings (SSSR count). The van der Waals surface area contributed by atoms with Crippen molar-refractivity contribution in [2.75, 3.05) is 0 Å². The zero-order valence-corrected chi connectivity index (χ0v) is 22.2. The summed E-state index contributed by atoms with van der Waals surface area (Å²) < 4.78 is 0. The van der Waals surface area contributed by atoms with E-state index in [1.54, 1.807) is 0 Å². The first-order valence-electron chi connectivity index (χ1n) is 13.8. The van der Waals surface area contributed by atoms with Gasteiger partial charge in [-0.25, -0.2) is 0 Å². The Bertz CT molecular complexity index is 870. The average Bonchev–Trinajstić information content (AvgIpc) is 3.26. The molecule has 2 spiro atoms. The predicted molar refractivity (Wildman–Crippen MR) is 132 cm³/mol. The third-order valence-corrected chi connectivity index (χ3v) is 12.7. The van der Waals surface area contributed by atoms with Crippen LogP contribution in [0.25, 0.3) is 0 Å². The molecule has 10 unspecified atom stereocenters. The van der Waals surface area contributed by atoms with Gasteiger partial charge in [-0.15, -0.1) is 0 Å². The van der Waals surface area contributed by atoms with Crippen LogP contribution in [-0.4, -0.2) is 28.2 Å². The number of fused-ring (bicyclic) bond motifs is 2. The van der Waals surface area contributed by atoms with Gasteiger partial charge in [0.25, 0.3) is 0 Å². The van der Waals surface area contributed by atoms with Gasteiger partial charge in [0.1, 0.15) is 5.78 Å². The van der Waals surface area contributed by atoms with Gasteiger partial charge >= 0.3 is 0 Å². The van der Waals surface area contributed by atoms with Crippen molar-refractivity contribution in [3.8, 4) is 0 Å². The lowest BCUT2D eigenvalue weighted by Gasteiger charge is -2.64. The summed E-state index contributed by atoms with van der Waals surface area (Å²) in [4.78, 5) is 12.9. The minimum absolute atomic E-state index is 0.144. The van der Waals surface area contributed by atoms with E-state index in [2.05, 4.69) is 48.5 Å². The number of hydrogen-bond acceptors (Lipinski definition) is 3. The molecule has 5 fully saturated rings. The number of aliphatic hydroxyl groups excluding tert-OH is 2. The Hall–Kier alpha value is -0.670. The van der Waals surface area contributed by atoms with E-state index in [0.717, 1.165) is 25.7 Å². The van der Waals surface area contributed by atoms with E-state index in [0.29, 0.717) is 34.9 Å². The van der Waals surface area contributed by atoms with E-state index >= 15 is 0 Å². The molecule has 10 atom stereocenters. The molecule has 0 bridgehead atoms. The van der Waals surface area contributed by atoms with Gasteiger partial charge in [0, 0.05) is 11.8 Å². The van der Waals surface area contributed by atoms with Gasteiger partial charge in [0.05, 0.1) is 12.2 Å². The van der Waals surface area contributed by atoms with Gasteiger partial charge in [-0.1, -0.05) is 46.3 Å². The third kappa shape index (κ3) is 2.90. The zero-order valence-electron chi connectivity index (χ0n) is 22.2. The van der Waals surface area contributed by atoms with Crippen molar-refractivity contribution in [3.63, 3.8) is 0 Å². The van der Waals surface area contributed by atoms with Crippen LogP contribution < -0.4 is 0 Å². The highest BCUT2D eigenvalue weighted by Gasteiger charge is 2.83. The molecule has 186 valence electrons. The second-order valence-corrected chi connectivity index (χ2v) is 14.5. The first kappa shape index (κ1) is 24.0. The van der Waals surface area contributed by atoms with Crippen molar-refractivity contribution >= 4 is 5.78 Å². The standard InChI is InChI=1S/C30H48O3/c1-18(2)14-20(31)15-19(3)21-8-10-28(7)25-22(32)16-23-26(4,5)24(33)9-11-29(23)17-30(25,29)13-12-27(21,28)6/h14,19-23,25,31-32H,8-13,15-17H2,1-7H3. The second-order valence-electron chi connectivity index (χ2n) is 14.5. The van der Waals surface area contributed by atoms with E-state index in [1.807, 2.05) is 6.08 Å². The minimum Gasteiger partial charge on any atom is -0.393 e. The van der Waals surface area contributed by atoms with Crippen LogP contribution in [0, 0.1) is 50.7 Å². The molecule has 0 aliphatic heterocycles. The fourth-order valence-electron chi connectivity index (χ4n) is 11.1. The summed E-state index contributed by atoms with van der Waals surface area (Å²) in [6.07, 6.45) is 10.9. The fraction of sp³-hybridized carbons (Fsp3) is 0.900. The average molecular weight is 457 g/mol. The minimum atomic E-state index is -0.356. The lowest BCUT2D eigenvalue weighted by molar-refractivity contribution is -0.189. The monoisotopic (exact) mass is 456 g/mol. The quantitative estimate of drug-likeness (QED) is 0.487. The number of hydrogen-bond donors (Lipinski definition) is 2. The van der Waals surface area contributed by atoms with Crippen molar-refractivity contribution in [2.45, 2.75) is 118 Å². The summed E-state index contributed by atoms with van der Waals surface area (Å²) in [5, 5.41) is 22.4. The Morgan fingerprint density at radius 3 is 2.42 bits per heavy atom. The predicted octanol–water partition coefficient (Wildman–Crippen LogP) is 6.32. The first-order valence-corrected chi connectivity index (χ1v) is 13.8. The van der Waals surface area contributed by atoms with Gasteiger partial charge < -0.3 is 10.2 Å². The SMILES string of the molecule is CC(C)=CC(O)CC(C)C1CCC2(C)C3C(O)CC4C(C)(C)C(=O)CCC45CC35CCC12C. The molecule has 5 aliphatic rings. The van der Waals surface area contributed by atoms with Crippen molar-refractivity contribution < 1.29 is 15.0 Å². The summed E-state index contributed by atoms with van der Waals surface area (Å²) in [7, 11) is 0. The third-order valence-electron chi connectivity index (χ3n) is 12.7. The normalized spacial score (nSPS) is 51.5. The maximum atomic E-state index is 12.9. The van der Waals surface area contributed by atoms with E-state index < -0.39 is 0 Å². The maximum Gasteiger partial charge on any atom is 0.138 e. The highest BCUT2D eigenvalue weighted by atomic mass is 16.3. The van der Waals surface area contributed by atoms with Crippen LogP contribution in [-0.2, 0) is 4.79 Å². The lowest BCUT2D eigenvalue weighted by Crippen LogP contribution is -2.61. The van der Waals surface area contributed by atoms with E-state index in [-0.39, 0.29) is 33.9 Å². The number of aliphatic hydroxyl groups is 2. The topological polar surface area (TPSA) is 57.5 Å². The van der Waals surface area contributed by atoms with Crippen LogP contribution in [0.1, 0.15) is 106 Å². The van der Waals surface area contributed by atoms with E-state index in [1.165, 1.54) is 37.7 Å². The number of Topliss-reactive ketones (excluding diaryl/α,β-unsaturated/α-hetero) is 1. The summed E-state index contributed by atoms with van der Waals surface area (Å²) in [5.74, 6) is 2.21. The van der Waals surface area contributed by atoms with Crippen LogP contribution in [0.3, 0.4) is 0 Å². The Morgan fingerprint density at radius 1 is 1.06 bits per heavy atom. The summed E-state index contributed by atoms with van der Waals surface area (Å²) >= 11 is 0. The Labute approximate surface area is 201 Å². The molecule has 2 N–H and O–H groups in total. The van der Waals surface area contributed by atoms with Crippen molar-refractivity contribution in [1.82, 2.24) is 0 Å². The van der Waals surface area contributed by atoms with Gasteiger partial charge in [0.2, 0.25) is 0 Å². The van der Waals surface area contributed by atoms with Crippen LogP contribution >= 0.6 is 0 Å². The molecule has 0 amide bonds. The maximum absolute atomic E-state index is 12.9. The molecule has 0 heterocycles. The first-order chi connectivity index (χ1) is 15.3. The molecule has 0 aromatic carbocycles. The van der Waals surface area contributed by atoms with Gasteiger partial charge in [-0.3, -0.25) is 4.79 Å². The molecule has 5 saturated carbocycles. The number of allylic oxidation sites excluding steroid dienone is 1. The van der Waals surface area contributed by atoms with Crippen molar-refractivity contribution in [3.05, 3.63) is 11.6 Å². The Morgan fingerprint density at radius 2 is 1.76 bits per heavy atom. The van der Waals surface area contributed by atoms with Crippen LogP contribution in [0.15, 0.2) is 11.6 Å². The zero-order chi connectivity index (χ0) is 24.2. The highest BCUT2D eigenvalue weighted by Crippen LogP contribution is 2.88. The van der Waals surface area contributed by atoms with Gasteiger partial charge in [0.15, 0.2) is 0 Å². The van der Waals surface area contributed by atoms with Gasteiger partial charge in [-0.05, 0) is 111 Å². The van der Waals surface area contributed by atoms with Crippen LogP contribution in [0.5, 0.6) is 0 Å². The molecule has 33 heavy (non-hydrogen) atoms. The van der Waals surface area contributed by atoms with Crippen molar-refractivity contribution in [2.24, 2.45) is 50.7 Å². The number of carbonyl (C=O) groups excluding carboxylic acids is 1. The molecule has 0 aromatic heterocycles. The molecule has 5 aliphatic carbocycles. The molecule has 0 radical (unpaired) electrons. The lowest BCUT2D eigenvalue weighted by atomic mass is 9.41. The summed E-state index contributed by atoms with van der Waals surface area (Å²) in [6, 6.07) is 0. The molecular formula is C30H48O3. The van der Waals surface area contributed by atoms with Crippen LogP contribution in [0.2, 0.25) is 0 Å². The van der Waals surface area contributed by atoms with Crippen molar-refractivity contribution in [1.29, 1.82) is 0 Å².